The normalized spacial score (nSPS) is 39.1. The first kappa shape index (κ1) is 16.9. The molecule has 1 fully saturated rings. The Balaban J connectivity index is 2.75. The minimum absolute atomic E-state index is 0.645. The third-order valence-electron chi connectivity index (χ3n) is 3.26. The Hall–Kier alpha value is -1.43. The van der Waals surface area contributed by atoms with Gasteiger partial charge in [-0.05, 0) is 0 Å². The Kier molecular flexibility index (Phi) is 3.01. The third-order valence-corrected chi connectivity index (χ3v) is 3.26. The zero-order valence-electron chi connectivity index (χ0n) is 9.76. The van der Waals surface area contributed by atoms with Crippen molar-refractivity contribution in [1.82, 2.24) is 0 Å². The summed E-state index contributed by atoms with van der Waals surface area (Å²) in [5.41, 5.74) is -5.82. The minimum atomic E-state index is -6.56. The van der Waals surface area contributed by atoms with Crippen LogP contribution in [0.15, 0.2) is 12.3 Å². The van der Waals surface area contributed by atoms with Gasteiger partial charge in [-0.25, -0.2) is 4.39 Å². The van der Waals surface area contributed by atoms with Gasteiger partial charge in [-0.1, -0.05) is 0 Å². The minimum Gasteiger partial charge on any atom is -0.445 e. The van der Waals surface area contributed by atoms with Gasteiger partial charge in [0.05, 0.1) is 6.42 Å². The van der Waals surface area contributed by atoms with E-state index >= 15 is 0 Å². The van der Waals surface area contributed by atoms with Crippen molar-refractivity contribution in [3.8, 4) is 0 Å². The van der Waals surface area contributed by atoms with Gasteiger partial charge >= 0.3 is 35.7 Å². The van der Waals surface area contributed by atoms with E-state index in [1.54, 1.807) is 0 Å². The lowest BCUT2D eigenvalue weighted by Crippen LogP contribution is -2.81. The third kappa shape index (κ3) is 1.56. The summed E-state index contributed by atoms with van der Waals surface area (Å²) in [6, 6.07) is -2.41. The molecule has 2 nitrogen and oxygen atoms in total. The average molecular weight is 352 g/mol. The Morgan fingerprint density at radius 3 is 1.77 bits per heavy atom. The van der Waals surface area contributed by atoms with Crippen molar-refractivity contribution in [2.24, 2.45) is 0 Å². The lowest BCUT2D eigenvalue weighted by atomic mass is 9.73. The zero-order chi connectivity index (χ0) is 17.4. The highest BCUT2D eigenvalue weighted by Crippen LogP contribution is 2.68. The highest BCUT2D eigenvalue weighted by molar-refractivity contribution is 5.24. The molecule has 128 valence electrons. The number of rotatable bonds is 0. The first-order valence-electron chi connectivity index (χ1n) is 5.17. The summed E-state index contributed by atoms with van der Waals surface area (Å²) in [5.74, 6) is -24.5. The van der Waals surface area contributed by atoms with Gasteiger partial charge in [-0.2, -0.15) is 43.9 Å². The number of ether oxygens (including phenoxy) is 2. The Labute approximate surface area is 113 Å². The van der Waals surface area contributed by atoms with Gasteiger partial charge in [0.15, 0.2) is 6.26 Å². The second-order valence-electron chi connectivity index (χ2n) is 4.59. The summed E-state index contributed by atoms with van der Waals surface area (Å²) in [6.45, 7) is 0. The fourth-order valence-electron chi connectivity index (χ4n) is 2.13. The van der Waals surface area contributed by atoms with Crippen LogP contribution in [0, 0.1) is 0 Å². The molecule has 0 radical (unpaired) electrons. The van der Waals surface area contributed by atoms with Crippen molar-refractivity contribution in [2.75, 3.05) is 0 Å². The van der Waals surface area contributed by atoms with Crippen molar-refractivity contribution >= 4 is 0 Å². The molecule has 2 rings (SSSR count). The van der Waals surface area contributed by atoms with E-state index in [2.05, 4.69) is 9.47 Å². The quantitative estimate of drug-likeness (QED) is 0.612. The van der Waals surface area contributed by atoms with Crippen LogP contribution in [-0.2, 0) is 9.47 Å². The summed E-state index contributed by atoms with van der Waals surface area (Å²) in [4.78, 5) is 0. The van der Waals surface area contributed by atoms with E-state index in [9.17, 15) is 48.3 Å². The molecule has 1 spiro atoms. The van der Waals surface area contributed by atoms with Crippen molar-refractivity contribution < 1.29 is 57.8 Å². The van der Waals surface area contributed by atoms with Crippen molar-refractivity contribution in [3.63, 3.8) is 0 Å². The van der Waals surface area contributed by atoms with Gasteiger partial charge in [0.1, 0.15) is 0 Å². The molecule has 13 heteroatoms. The van der Waals surface area contributed by atoms with E-state index in [4.69, 9.17) is 0 Å². The molecule has 1 saturated carbocycles. The Bertz CT molecular complexity index is 524. The molecule has 1 aliphatic carbocycles. The highest BCUT2D eigenvalue weighted by Gasteiger charge is 2.97. The molecule has 2 unspecified atom stereocenters. The molecule has 1 heterocycles. The molecule has 1 aliphatic heterocycles. The Morgan fingerprint density at radius 2 is 1.41 bits per heavy atom. The molecule has 22 heavy (non-hydrogen) atoms. The molecule has 2 atom stereocenters. The molecule has 0 amide bonds. The van der Waals surface area contributed by atoms with Crippen LogP contribution >= 0.6 is 0 Å². The predicted octanol–water partition coefficient (Wildman–Crippen LogP) is 4.08. The SMILES string of the molecule is FC1=COC2(O1)C(F)(F)C(F)(F)C(F)(F)CC2(F)C(F)(F)F. The van der Waals surface area contributed by atoms with Gasteiger partial charge in [0.2, 0.25) is 0 Å². The molecule has 0 saturated heterocycles. The van der Waals surface area contributed by atoms with Crippen LogP contribution < -0.4 is 0 Å². The molecule has 0 aromatic carbocycles. The second kappa shape index (κ2) is 3.91. The fourth-order valence-corrected chi connectivity index (χ4v) is 2.13. The summed E-state index contributed by atoms with van der Waals surface area (Å²) in [7, 11) is 0. The van der Waals surface area contributed by atoms with Crippen molar-refractivity contribution in [1.29, 1.82) is 0 Å². The van der Waals surface area contributed by atoms with Gasteiger partial charge in [0.25, 0.3) is 5.67 Å². The predicted molar refractivity (Wildman–Crippen MR) is 43.4 cm³/mol. The zero-order valence-corrected chi connectivity index (χ0v) is 9.76. The van der Waals surface area contributed by atoms with E-state index in [0.717, 1.165) is 0 Å². The lowest BCUT2D eigenvalue weighted by Gasteiger charge is -2.52. The average Bonchev–Trinajstić information content (AvgIpc) is 2.69. The maximum atomic E-state index is 14.1. The van der Waals surface area contributed by atoms with Gasteiger partial charge < -0.3 is 9.47 Å². The maximum absolute atomic E-state index is 14.1. The number of hydrogen-bond donors (Lipinski definition) is 0. The molecular weight excluding hydrogens is 349 g/mol. The summed E-state index contributed by atoms with van der Waals surface area (Å²) < 4.78 is 151. The largest absolute Gasteiger partial charge is 0.445 e. The summed E-state index contributed by atoms with van der Waals surface area (Å²) in [6.07, 6.45) is -10.7. The second-order valence-corrected chi connectivity index (χ2v) is 4.59. The first-order chi connectivity index (χ1) is 9.56. The van der Waals surface area contributed by atoms with Gasteiger partial charge in [-0.3, -0.25) is 0 Å². The van der Waals surface area contributed by atoms with Crippen LogP contribution in [0.4, 0.5) is 48.3 Å². The van der Waals surface area contributed by atoms with Crippen LogP contribution in [0.2, 0.25) is 0 Å². The Morgan fingerprint density at radius 1 is 0.909 bits per heavy atom. The monoisotopic (exact) mass is 352 g/mol. The van der Waals surface area contributed by atoms with E-state index in [0.29, 0.717) is 0 Å². The molecule has 0 N–H and O–H groups in total. The number of hydrogen-bond acceptors (Lipinski definition) is 2. The molecule has 0 aromatic heterocycles. The molecule has 0 bridgehead atoms. The van der Waals surface area contributed by atoms with Crippen LogP contribution in [0.5, 0.6) is 0 Å². The van der Waals surface area contributed by atoms with Gasteiger partial charge in [-0.15, -0.1) is 0 Å². The molecule has 2 aliphatic rings. The standard InChI is InChI=1S/C9H3F11O2/c10-3-1-21-8(22-3)4(11,9(18,19)20)2-5(12,13)6(14,15)7(8,16)17/h1H,2H2. The first-order valence-corrected chi connectivity index (χ1v) is 5.17. The van der Waals surface area contributed by atoms with Crippen LogP contribution in [0.25, 0.3) is 0 Å². The number of halogens is 11. The lowest BCUT2D eigenvalue weighted by molar-refractivity contribution is -0.485. The molecule has 0 aromatic rings. The number of alkyl halides is 10. The van der Waals surface area contributed by atoms with E-state index in [1.807, 2.05) is 0 Å². The summed E-state index contributed by atoms with van der Waals surface area (Å²) >= 11 is 0. The van der Waals surface area contributed by atoms with Crippen LogP contribution in [-0.4, -0.2) is 35.4 Å². The van der Waals surface area contributed by atoms with E-state index < -0.39 is 54.1 Å². The van der Waals surface area contributed by atoms with E-state index in [1.165, 1.54) is 0 Å². The van der Waals surface area contributed by atoms with E-state index in [-0.39, 0.29) is 0 Å². The molecular formula is C9H3F11O2. The van der Waals surface area contributed by atoms with Crippen molar-refractivity contribution in [3.05, 3.63) is 12.3 Å². The smallest absolute Gasteiger partial charge is 0.430 e. The highest BCUT2D eigenvalue weighted by atomic mass is 19.4. The van der Waals surface area contributed by atoms with Crippen LogP contribution in [0.1, 0.15) is 6.42 Å². The topological polar surface area (TPSA) is 18.5 Å². The van der Waals surface area contributed by atoms with Crippen LogP contribution in [0.3, 0.4) is 0 Å². The summed E-state index contributed by atoms with van der Waals surface area (Å²) in [5, 5.41) is 0. The maximum Gasteiger partial charge on any atom is 0.430 e. The fraction of sp³-hybridized carbons (Fsp3) is 0.778. The van der Waals surface area contributed by atoms with Gasteiger partial charge in [0, 0.05) is 0 Å². The van der Waals surface area contributed by atoms with Crippen molar-refractivity contribution in [2.45, 2.75) is 41.8 Å².